The van der Waals surface area contributed by atoms with Gasteiger partial charge in [-0.1, -0.05) is 0 Å². The van der Waals surface area contributed by atoms with E-state index in [9.17, 15) is 19.5 Å². The van der Waals surface area contributed by atoms with Gasteiger partial charge in [-0.15, -0.1) is 0 Å². The number of carbonyl (C=O) groups excluding carboxylic acids is 2. The average Bonchev–Trinajstić information content (AvgIpc) is 2.42. The lowest BCUT2D eigenvalue weighted by Gasteiger charge is -2.45. The summed E-state index contributed by atoms with van der Waals surface area (Å²) in [5, 5.41) is 12.0. The van der Waals surface area contributed by atoms with Crippen LogP contribution in [0.25, 0.3) is 0 Å². The highest BCUT2D eigenvalue weighted by Gasteiger charge is 2.44. The van der Waals surface area contributed by atoms with E-state index in [0.717, 1.165) is 0 Å². The van der Waals surface area contributed by atoms with Crippen molar-refractivity contribution < 1.29 is 19.5 Å². The number of hydrogen-bond acceptors (Lipinski definition) is 3. The Morgan fingerprint density at radius 2 is 1.71 bits per heavy atom. The van der Waals surface area contributed by atoms with E-state index in [1.807, 2.05) is 0 Å². The normalized spacial score (nSPS) is 24.4. The first kappa shape index (κ1) is 15.6. The van der Waals surface area contributed by atoms with Crippen molar-refractivity contribution in [3.63, 3.8) is 0 Å². The molecular weight excluding hydrogens is 274 g/mol. The Balaban J connectivity index is 2.05. The van der Waals surface area contributed by atoms with Gasteiger partial charge in [0.2, 0.25) is 5.91 Å². The number of piperazine rings is 1. The van der Waals surface area contributed by atoms with Crippen LogP contribution in [0.3, 0.4) is 0 Å². The second-order valence-electron chi connectivity index (χ2n) is 6.60. The van der Waals surface area contributed by atoms with Gasteiger partial charge in [0.1, 0.15) is 5.54 Å². The van der Waals surface area contributed by atoms with Crippen LogP contribution in [0, 0.1) is 5.41 Å². The summed E-state index contributed by atoms with van der Waals surface area (Å²) in [7, 11) is 0. The van der Waals surface area contributed by atoms with E-state index in [1.165, 1.54) is 0 Å². The summed E-state index contributed by atoms with van der Waals surface area (Å²) in [6.45, 7) is 6.93. The fourth-order valence-electron chi connectivity index (χ4n) is 2.81. The minimum Gasteiger partial charge on any atom is -0.481 e. The number of carboxylic acid groups (broad SMARTS) is 1. The van der Waals surface area contributed by atoms with Crippen LogP contribution in [0.2, 0.25) is 0 Å². The lowest BCUT2D eigenvalue weighted by molar-refractivity contribution is -0.150. The van der Waals surface area contributed by atoms with Gasteiger partial charge in [-0.2, -0.15) is 0 Å². The molecule has 0 aromatic carbocycles. The maximum atomic E-state index is 12.6. The number of piperidine rings is 1. The lowest BCUT2D eigenvalue weighted by Crippen LogP contribution is -2.66. The molecule has 0 unspecified atom stereocenters. The number of nitrogens with one attached hydrogen (secondary N) is 1. The van der Waals surface area contributed by atoms with Crippen LogP contribution in [-0.4, -0.2) is 64.5 Å². The molecule has 7 nitrogen and oxygen atoms in total. The quantitative estimate of drug-likeness (QED) is 0.737. The van der Waals surface area contributed by atoms with Crippen molar-refractivity contribution >= 4 is 17.9 Å². The van der Waals surface area contributed by atoms with Gasteiger partial charge in [0, 0.05) is 26.2 Å². The third-order valence-corrected chi connectivity index (χ3v) is 4.74. The van der Waals surface area contributed by atoms with Gasteiger partial charge in [-0.05, 0) is 33.6 Å². The summed E-state index contributed by atoms with van der Waals surface area (Å²) < 4.78 is 0. The topological polar surface area (TPSA) is 89.9 Å². The van der Waals surface area contributed by atoms with Gasteiger partial charge < -0.3 is 20.2 Å². The molecule has 21 heavy (non-hydrogen) atoms. The van der Waals surface area contributed by atoms with E-state index in [0.29, 0.717) is 39.0 Å². The number of urea groups is 1. The van der Waals surface area contributed by atoms with Crippen LogP contribution >= 0.6 is 0 Å². The molecule has 2 rings (SSSR count). The number of hydrogen-bond donors (Lipinski definition) is 2. The van der Waals surface area contributed by atoms with Gasteiger partial charge in [0.05, 0.1) is 5.41 Å². The maximum Gasteiger partial charge on any atom is 0.320 e. The van der Waals surface area contributed by atoms with E-state index < -0.39 is 16.9 Å². The molecular formula is C14H23N3O4. The Hall–Kier alpha value is -1.79. The second kappa shape index (κ2) is 5.20. The lowest BCUT2D eigenvalue weighted by atomic mass is 9.80. The first-order valence-electron chi connectivity index (χ1n) is 7.27. The molecule has 0 aromatic rings. The molecule has 0 aromatic heterocycles. The Morgan fingerprint density at radius 3 is 2.24 bits per heavy atom. The summed E-state index contributed by atoms with van der Waals surface area (Å²) >= 11 is 0. The van der Waals surface area contributed by atoms with Crippen LogP contribution in [0.1, 0.15) is 33.6 Å². The zero-order valence-electron chi connectivity index (χ0n) is 12.8. The predicted octanol–water partition coefficient (Wildman–Crippen LogP) is 0.504. The number of nitrogens with zero attached hydrogens (tertiary/aromatic N) is 2. The van der Waals surface area contributed by atoms with Crippen molar-refractivity contribution in [2.75, 3.05) is 26.2 Å². The molecule has 2 saturated heterocycles. The van der Waals surface area contributed by atoms with Gasteiger partial charge in [-0.25, -0.2) is 4.79 Å². The molecule has 0 saturated carbocycles. The summed E-state index contributed by atoms with van der Waals surface area (Å²) in [4.78, 5) is 39.0. The van der Waals surface area contributed by atoms with Crippen molar-refractivity contribution in [3.05, 3.63) is 0 Å². The average molecular weight is 297 g/mol. The van der Waals surface area contributed by atoms with E-state index >= 15 is 0 Å². The third-order valence-electron chi connectivity index (χ3n) is 4.74. The molecule has 0 bridgehead atoms. The molecule has 118 valence electrons. The van der Waals surface area contributed by atoms with Gasteiger partial charge in [0.25, 0.3) is 0 Å². The van der Waals surface area contributed by atoms with Gasteiger partial charge in [-0.3, -0.25) is 9.59 Å². The summed E-state index contributed by atoms with van der Waals surface area (Å²) in [5.41, 5.74) is -1.63. The molecule has 2 aliphatic heterocycles. The minimum atomic E-state index is -0.872. The van der Waals surface area contributed by atoms with Crippen molar-refractivity contribution in [2.24, 2.45) is 5.41 Å². The zero-order valence-corrected chi connectivity index (χ0v) is 12.8. The third kappa shape index (κ3) is 2.69. The molecule has 2 fully saturated rings. The molecule has 2 heterocycles. The highest BCUT2D eigenvalue weighted by Crippen LogP contribution is 2.32. The zero-order chi connectivity index (χ0) is 15.8. The summed E-state index contributed by atoms with van der Waals surface area (Å²) in [6, 6.07) is -0.178. The summed E-state index contributed by atoms with van der Waals surface area (Å²) in [5.74, 6) is -0.971. The largest absolute Gasteiger partial charge is 0.481 e. The molecule has 0 aliphatic carbocycles. The van der Waals surface area contributed by atoms with E-state index in [-0.39, 0.29) is 11.9 Å². The Labute approximate surface area is 124 Å². The number of rotatable bonds is 1. The van der Waals surface area contributed by atoms with Crippen LogP contribution in [-0.2, 0) is 9.59 Å². The molecule has 2 aliphatic rings. The van der Waals surface area contributed by atoms with Crippen molar-refractivity contribution in [1.82, 2.24) is 15.1 Å². The van der Waals surface area contributed by atoms with Crippen molar-refractivity contribution in [3.8, 4) is 0 Å². The van der Waals surface area contributed by atoms with E-state index in [4.69, 9.17) is 0 Å². The van der Waals surface area contributed by atoms with Crippen molar-refractivity contribution in [1.29, 1.82) is 0 Å². The summed E-state index contributed by atoms with van der Waals surface area (Å²) in [6.07, 6.45) is 0.878. The second-order valence-corrected chi connectivity index (χ2v) is 6.60. The van der Waals surface area contributed by atoms with E-state index in [1.54, 1.807) is 30.6 Å². The standard InChI is InChI=1S/C14H23N3O4/c1-13(2)10(18)15-6-9-17(13)12(21)16-7-4-14(3,5-8-16)11(19)20/h4-9H2,1-3H3,(H,15,18)(H,19,20). The Bertz CT molecular complexity index is 467. The fourth-order valence-corrected chi connectivity index (χ4v) is 2.81. The van der Waals surface area contributed by atoms with Crippen molar-refractivity contribution in [2.45, 2.75) is 39.2 Å². The fraction of sp³-hybridized carbons (Fsp3) is 0.786. The van der Waals surface area contributed by atoms with Gasteiger partial charge >= 0.3 is 12.0 Å². The van der Waals surface area contributed by atoms with E-state index in [2.05, 4.69) is 5.32 Å². The first-order valence-corrected chi connectivity index (χ1v) is 7.27. The SMILES string of the molecule is CC1(C(=O)O)CCN(C(=O)N2CCNC(=O)C2(C)C)CC1. The highest BCUT2D eigenvalue weighted by atomic mass is 16.4. The van der Waals surface area contributed by atoms with Crippen LogP contribution in [0.5, 0.6) is 0 Å². The minimum absolute atomic E-state index is 0.158. The molecule has 3 amide bonds. The molecule has 7 heteroatoms. The molecule has 0 atom stereocenters. The van der Waals surface area contributed by atoms with Crippen LogP contribution in [0.4, 0.5) is 4.79 Å². The Morgan fingerprint density at radius 1 is 1.14 bits per heavy atom. The Kier molecular flexibility index (Phi) is 3.86. The van der Waals surface area contributed by atoms with Gasteiger partial charge in [0.15, 0.2) is 0 Å². The first-order chi connectivity index (χ1) is 9.68. The molecule has 0 radical (unpaired) electrons. The van der Waals surface area contributed by atoms with Crippen LogP contribution in [0.15, 0.2) is 0 Å². The number of amides is 3. The number of carbonyl (C=O) groups is 3. The highest BCUT2D eigenvalue weighted by molar-refractivity contribution is 5.91. The predicted molar refractivity (Wildman–Crippen MR) is 75.7 cm³/mol. The maximum absolute atomic E-state index is 12.6. The smallest absolute Gasteiger partial charge is 0.320 e. The molecule has 0 spiro atoms. The number of carboxylic acids is 1. The molecule has 2 N–H and O–H groups in total. The number of aliphatic carboxylic acids is 1. The van der Waals surface area contributed by atoms with Crippen LogP contribution < -0.4 is 5.32 Å². The number of likely N-dealkylation sites (tertiary alicyclic amines) is 1. The monoisotopic (exact) mass is 297 g/mol.